The number of rotatable bonds is 6. The molecule has 2 heterocycles. The molecule has 2 aromatic rings. The van der Waals surface area contributed by atoms with E-state index in [1.807, 2.05) is 13.0 Å². The van der Waals surface area contributed by atoms with Gasteiger partial charge in [0, 0.05) is 30.4 Å². The van der Waals surface area contributed by atoms with Crippen LogP contribution in [0, 0.1) is 5.82 Å². The molecule has 0 amide bonds. The van der Waals surface area contributed by atoms with Crippen LogP contribution in [0.15, 0.2) is 30.6 Å². The molecule has 0 unspecified atom stereocenters. The highest BCUT2D eigenvalue weighted by molar-refractivity contribution is 6.31. The van der Waals surface area contributed by atoms with Gasteiger partial charge in [0.2, 0.25) is 0 Å². The molecular formula is C18H21ClFN5O2. The number of carboxylic acid groups (broad SMARTS) is 1. The molecule has 7 nitrogen and oxygen atoms in total. The van der Waals surface area contributed by atoms with Gasteiger partial charge in [0.05, 0.1) is 11.6 Å². The van der Waals surface area contributed by atoms with E-state index >= 15 is 0 Å². The molecule has 0 spiro atoms. The summed E-state index contributed by atoms with van der Waals surface area (Å²) in [6, 6.07) is 6.20. The quantitative estimate of drug-likeness (QED) is 0.694. The number of benzene rings is 1. The lowest BCUT2D eigenvalue weighted by atomic mass is 9.89. The number of hydrogen-bond donors (Lipinski definition) is 3. The van der Waals surface area contributed by atoms with Gasteiger partial charge in [-0.1, -0.05) is 11.6 Å². The summed E-state index contributed by atoms with van der Waals surface area (Å²) in [7, 11) is 0. The van der Waals surface area contributed by atoms with Crippen LogP contribution in [0.25, 0.3) is 0 Å². The zero-order valence-corrected chi connectivity index (χ0v) is 15.6. The molecule has 27 heavy (non-hydrogen) atoms. The average molecular weight is 394 g/mol. The van der Waals surface area contributed by atoms with Crippen molar-refractivity contribution < 1.29 is 14.3 Å². The van der Waals surface area contributed by atoms with Crippen LogP contribution in [0.3, 0.4) is 0 Å². The van der Waals surface area contributed by atoms with Crippen molar-refractivity contribution in [3.8, 4) is 0 Å². The fraction of sp³-hybridized carbons (Fsp3) is 0.389. The van der Waals surface area contributed by atoms with Crippen LogP contribution in [0.4, 0.5) is 21.7 Å². The van der Waals surface area contributed by atoms with E-state index in [1.165, 1.54) is 18.5 Å². The number of anilines is 3. The van der Waals surface area contributed by atoms with Gasteiger partial charge in [-0.15, -0.1) is 0 Å². The van der Waals surface area contributed by atoms with Crippen molar-refractivity contribution in [3.63, 3.8) is 0 Å². The zero-order chi connectivity index (χ0) is 19.4. The second-order valence-electron chi connectivity index (χ2n) is 6.81. The summed E-state index contributed by atoms with van der Waals surface area (Å²) in [5.74, 6) is 0.0329. The lowest BCUT2D eigenvalue weighted by Gasteiger charge is -2.40. The van der Waals surface area contributed by atoms with Crippen molar-refractivity contribution in [2.45, 2.75) is 25.3 Å². The molecule has 1 aromatic heterocycles. The van der Waals surface area contributed by atoms with Crippen molar-refractivity contribution in [1.29, 1.82) is 0 Å². The fourth-order valence-corrected chi connectivity index (χ4v) is 3.19. The van der Waals surface area contributed by atoms with E-state index in [-0.39, 0.29) is 17.1 Å². The Kier molecular flexibility index (Phi) is 5.76. The fourth-order valence-electron chi connectivity index (χ4n) is 3.01. The summed E-state index contributed by atoms with van der Waals surface area (Å²) in [4.78, 5) is 21.4. The normalized spacial score (nSPS) is 16.2. The zero-order valence-electron chi connectivity index (χ0n) is 14.9. The SMILES string of the molecule is CC1(NCC(=O)O)CCN(c2cc(Nc3ccc(F)c(Cl)c3)ncn2)CC1. The Morgan fingerprint density at radius 1 is 1.33 bits per heavy atom. The second-order valence-corrected chi connectivity index (χ2v) is 7.22. The molecule has 9 heteroatoms. The van der Waals surface area contributed by atoms with Crippen LogP contribution < -0.4 is 15.5 Å². The molecular weight excluding hydrogens is 373 g/mol. The number of nitrogens with one attached hydrogen (secondary N) is 2. The number of halogens is 2. The highest BCUT2D eigenvalue weighted by Gasteiger charge is 2.30. The van der Waals surface area contributed by atoms with Crippen molar-refractivity contribution in [2.24, 2.45) is 0 Å². The van der Waals surface area contributed by atoms with Gasteiger partial charge in [0.1, 0.15) is 23.8 Å². The molecule has 144 valence electrons. The first-order valence-electron chi connectivity index (χ1n) is 8.60. The molecule has 0 saturated carbocycles. The Labute approximate surface area is 161 Å². The maximum atomic E-state index is 13.3. The molecule has 1 fully saturated rings. The van der Waals surface area contributed by atoms with Crippen LogP contribution in [0.2, 0.25) is 5.02 Å². The molecule has 0 bridgehead atoms. The lowest BCUT2D eigenvalue weighted by molar-refractivity contribution is -0.136. The Morgan fingerprint density at radius 2 is 2.07 bits per heavy atom. The van der Waals surface area contributed by atoms with Crippen LogP contribution in [-0.2, 0) is 4.79 Å². The third-order valence-corrected chi connectivity index (χ3v) is 4.99. The Balaban J connectivity index is 1.64. The summed E-state index contributed by atoms with van der Waals surface area (Å²) in [6.07, 6.45) is 3.08. The minimum absolute atomic E-state index is 0.0402. The molecule has 0 atom stereocenters. The highest BCUT2D eigenvalue weighted by Crippen LogP contribution is 2.27. The van der Waals surface area contributed by atoms with Crippen LogP contribution in [0.1, 0.15) is 19.8 Å². The Hall–Kier alpha value is -2.45. The van der Waals surface area contributed by atoms with Gasteiger partial charge in [0.15, 0.2) is 0 Å². The third kappa shape index (κ3) is 5.05. The summed E-state index contributed by atoms with van der Waals surface area (Å²) in [5.41, 5.74) is 0.434. The molecule has 1 aliphatic heterocycles. The first-order valence-corrected chi connectivity index (χ1v) is 8.98. The van der Waals surface area contributed by atoms with Crippen LogP contribution >= 0.6 is 11.6 Å². The standard InChI is InChI=1S/C18H21ClFN5O2/c1-18(23-10-17(26)27)4-6-25(7-5-18)16-9-15(21-11-22-16)24-12-2-3-14(20)13(19)8-12/h2-3,8-9,11,23H,4-7,10H2,1H3,(H,26,27)(H,21,22,24). The topological polar surface area (TPSA) is 90.4 Å². The molecule has 1 saturated heterocycles. The molecule has 1 aliphatic rings. The summed E-state index contributed by atoms with van der Waals surface area (Å²) in [5, 5.41) is 15.1. The van der Waals surface area contributed by atoms with Crippen molar-refractivity contribution in [1.82, 2.24) is 15.3 Å². The van der Waals surface area contributed by atoms with Gasteiger partial charge < -0.3 is 20.6 Å². The minimum atomic E-state index is -0.855. The first-order chi connectivity index (χ1) is 12.8. The van der Waals surface area contributed by atoms with Crippen LogP contribution in [0.5, 0.6) is 0 Å². The predicted octanol–water partition coefficient (Wildman–Crippen LogP) is 3.05. The Bertz CT molecular complexity index is 827. The van der Waals surface area contributed by atoms with Gasteiger partial charge in [-0.2, -0.15) is 0 Å². The monoisotopic (exact) mass is 393 g/mol. The predicted molar refractivity (Wildman–Crippen MR) is 102 cm³/mol. The minimum Gasteiger partial charge on any atom is -0.480 e. The molecule has 0 aliphatic carbocycles. The third-order valence-electron chi connectivity index (χ3n) is 4.70. The van der Waals surface area contributed by atoms with E-state index in [2.05, 4.69) is 25.5 Å². The highest BCUT2D eigenvalue weighted by atomic mass is 35.5. The second kappa shape index (κ2) is 8.06. The van der Waals surface area contributed by atoms with Crippen molar-refractivity contribution in [3.05, 3.63) is 41.4 Å². The number of aromatic nitrogens is 2. The lowest BCUT2D eigenvalue weighted by Crippen LogP contribution is -2.52. The summed E-state index contributed by atoms with van der Waals surface area (Å²) < 4.78 is 13.3. The maximum Gasteiger partial charge on any atom is 0.317 e. The van der Waals surface area contributed by atoms with Gasteiger partial charge >= 0.3 is 5.97 Å². The summed E-state index contributed by atoms with van der Waals surface area (Å²) >= 11 is 5.81. The van der Waals surface area contributed by atoms with E-state index < -0.39 is 11.8 Å². The molecule has 3 N–H and O–H groups in total. The number of carboxylic acids is 1. The number of aliphatic carboxylic acids is 1. The van der Waals surface area contributed by atoms with Crippen molar-refractivity contribution in [2.75, 3.05) is 29.9 Å². The molecule has 1 aromatic carbocycles. The van der Waals surface area contributed by atoms with Crippen LogP contribution in [-0.4, -0.2) is 46.2 Å². The number of carbonyl (C=O) groups is 1. The largest absolute Gasteiger partial charge is 0.480 e. The molecule has 0 radical (unpaired) electrons. The van der Waals surface area contributed by atoms with Gasteiger partial charge in [-0.3, -0.25) is 4.79 Å². The van der Waals surface area contributed by atoms with E-state index in [4.69, 9.17) is 16.7 Å². The van der Waals surface area contributed by atoms with Gasteiger partial charge in [-0.05, 0) is 38.0 Å². The van der Waals surface area contributed by atoms with E-state index in [0.717, 1.165) is 31.7 Å². The maximum absolute atomic E-state index is 13.3. The summed E-state index contributed by atoms with van der Waals surface area (Å²) in [6.45, 7) is 3.50. The Morgan fingerprint density at radius 3 is 2.74 bits per heavy atom. The number of nitrogens with zero attached hydrogens (tertiary/aromatic N) is 3. The number of hydrogen-bond acceptors (Lipinski definition) is 6. The van der Waals surface area contributed by atoms with E-state index in [9.17, 15) is 9.18 Å². The van der Waals surface area contributed by atoms with Gasteiger partial charge in [0.25, 0.3) is 0 Å². The number of piperidine rings is 1. The average Bonchev–Trinajstić information content (AvgIpc) is 2.64. The molecule has 3 rings (SSSR count). The van der Waals surface area contributed by atoms with E-state index in [0.29, 0.717) is 11.5 Å². The van der Waals surface area contributed by atoms with Gasteiger partial charge in [-0.25, -0.2) is 14.4 Å². The van der Waals surface area contributed by atoms with E-state index in [1.54, 1.807) is 6.07 Å². The first kappa shape index (κ1) is 19.3. The van der Waals surface area contributed by atoms with Crippen molar-refractivity contribution >= 4 is 34.9 Å². The smallest absolute Gasteiger partial charge is 0.317 e.